The number of rotatable bonds is 16. The van der Waals surface area contributed by atoms with E-state index in [0.717, 1.165) is 12.8 Å². The van der Waals surface area contributed by atoms with Crippen molar-refractivity contribution in [3.05, 3.63) is 71.8 Å². The van der Waals surface area contributed by atoms with E-state index in [4.69, 9.17) is 4.74 Å². The lowest BCUT2D eigenvalue weighted by atomic mass is 9.99. The van der Waals surface area contributed by atoms with Gasteiger partial charge in [0.2, 0.25) is 0 Å². The van der Waals surface area contributed by atoms with Crippen molar-refractivity contribution >= 4 is 0 Å². The topological polar surface area (TPSA) is 9.23 Å². The second-order valence-corrected chi connectivity index (χ2v) is 8.34. The number of hydrogen-bond donors (Lipinski definition) is 0. The Labute approximate surface area is 179 Å². The molecule has 0 aromatic heterocycles. The van der Waals surface area contributed by atoms with Crippen LogP contribution >= 0.6 is 0 Å². The van der Waals surface area contributed by atoms with Gasteiger partial charge in [0.05, 0.1) is 12.2 Å². The van der Waals surface area contributed by atoms with Gasteiger partial charge < -0.3 is 4.74 Å². The van der Waals surface area contributed by atoms with Gasteiger partial charge in [-0.25, -0.2) is 0 Å². The molecule has 0 aliphatic rings. The summed E-state index contributed by atoms with van der Waals surface area (Å²) >= 11 is 0. The normalized spacial score (nSPS) is 13.3. The highest BCUT2D eigenvalue weighted by atomic mass is 16.5. The van der Waals surface area contributed by atoms with Crippen molar-refractivity contribution in [3.8, 4) is 0 Å². The Morgan fingerprint density at radius 1 is 0.517 bits per heavy atom. The molecule has 2 aromatic rings. The first-order valence-electron chi connectivity index (χ1n) is 12.1. The Hall–Kier alpha value is -1.60. The van der Waals surface area contributed by atoms with Crippen molar-refractivity contribution < 1.29 is 4.74 Å². The van der Waals surface area contributed by atoms with Crippen LogP contribution in [0, 0.1) is 0 Å². The molecule has 0 heterocycles. The highest BCUT2D eigenvalue weighted by Crippen LogP contribution is 2.34. The Kier molecular flexibility index (Phi) is 12.5. The maximum atomic E-state index is 6.84. The molecule has 1 heteroatoms. The van der Waals surface area contributed by atoms with Gasteiger partial charge in [-0.15, -0.1) is 0 Å². The lowest BCUT2D eigenvalue weighted by Crippen LogP contribution is -2.11. The molecule has 0 amide bonds. The minimum absolute atomic E-state index is 0.193. The maximum Gasteiger partial charge on any atom is 0.0833 e. The van der Waals surface area contributed by atoms with Crippen LogP contribution < -0.4 is 0 Å². The van der Waals surface area contributed by atoms with E-state index in [0.29, 0.717) is 0 Å². The average molecular weight is 395 g/mol. The van der Waals surface area contributed by atoms with Crippen LogP contribution in [0.5, 0.6) is 0 Å². The molecule has 0 N–H and O–H groups in total. The zero-order chi connectivity index (χ0) is 20.6. The van der Waals surface area contributed by atoms with E-state index in [1.807, 2.05) is 0 Å². The molecule has 160 valence electrons. The Balaban J connectivity index is 2.02. The summed E-state index contributed by atoms with van der Waals surface area (Å²) in [6.07, 6.45) is 15.7. The minimum atomic E-state index is 0.193. The van der Waals surface area contributed by atoms with Crippen LogP contribution in [0.3, 0.4) is 0 Å². The predicted molar refractivity (Wildman–Crippen MR) is 126 cm³/mol. The SMILES string of the molecule is CCCCCCCC(OC(CCCCCCC)c1ccccc1)c1ccccc1. The van der Waals surface area contributed by atoms with Crippen molar-refractivity contribution in [1.29, 1.82) is 0 Å². The highest BCUT2D eigenvalue weighted by Gasteiger charge is 2.19. The van der Waals surface area contributed by atoms with Crippen molar-refractivity contribution in [2.75, 3.05) is 0 Å². The highest BCUT2D eigenvalue weighted by molar-refractivity contribution is 5.20. The average Bonchev–Trinajstić information content (AvgIpc) is 2.78. The molecule has 0 fully saturated rings. The maximum absolute atomic E-state index is 6.84. The van der Waals surface area contributed by atoms with Crippen molar-refractivity contribution in [3.63, 3.8) is 0 Å². The number of unbranched alkanes of at least 4 members (excludes halogenated alkanes) is 8. The van der Waals surface area contributed by atoms with Gasteiger partial charge in [0.15, 0.2) is 0 Å². The molecule has 0 bridgehead atoms. The lowest BCUT2D eigenvalue weighted by Gasteiger charge is -2.26. The molecule has 0 spiro atoms. The van der Waals surface area contributed by atoms with E-state index in [2.05, 4.69) is 74.5 Å². The van der Waals surface area contributed by atoms with Crippen LogP contribution in [0.25, 0.3) is 0 Å². The molecule has 0 saturated carbocycles. The third-order valence-electron chi connectivity index (χ3n) is 5.81. The number of ether oxygens (including phenoxy) is 1. The van der Waals surface area contributed by atoms with Gasteiger partial charge in [-0.3, -0.25) is 0 Å². The van der Waals surface area contributed by atoms with Crippen LogP contribution in [0.4, 0.5) is 0 Å². The summed E-state index contributed by atoms with van der Waals surface area (Å²) in [5.74, 6) is 0. The molecule has 0 radical (unpaired) electrons. The zero-order valence-electron chi connectivity index (χ0n) is 18.8. The van der Waals surface area contributed by atoms with Gasteiger partial charge in [-0.2, -0.15) is 0 Å². The first kappa shape index (κ1) is 23.7. The number of hydrogen-bond acceptors (Lipinski definition) is 1. The van der Waals surface area contributed by atoms with E-state index in [-0.39, 0.29) is 12.2 Å². The fourth-order valence-corrected chi connectivity index (χ4v) is 4.03. The second kappa shape index (κ2) is 15.3. The third-order valence-corrected chi connectivity index (χ3v) is 5.81. The van der Waals surface area contributed by atoms with Crippen molar-refractivity contribution in [1.82, 2.24) is 0 Å². The van der Waals surface area contributed by atoms with Gasteiger partial charge in [0.25, 0.3) is 0 Å². The molecule has 1 nitrogen and oxygen atoms in total. The Morgan fingerprint density at radius 2 is 0.897 bits per heavy atom. The van der Waals surface area contributed by atoms with Gasteiger partial charge in [0.1, 0.15) is 0 Å². The Morgan fingerprint density at radius 3 is 1.28 bits per heavy atom. The van der Waals surface area contributed by atoms with Crippen LogP contribution in [0.15, 0.2) is 60.7 Å². The van der Waals surface area contributed by atoms with Crippen LogP contribution in [-0.4, -0.2) is 0 Å². The summed E-state index contributed by atoms with van der Waals surface area (Å²) in [5.41, 5.74) is 2.66. The summed E-state index contributed by atoms with van der Waals surface area (Å²) < 4.78 is 6.84. The number of benzene rings is 2. The largest absolute Gasteiger partial charge is 0.366 e. The monoisotopic (exact) mass is 394 g/mol. The van der Waals surface area contributed by atoms with Crippen LogP contribution in [0.1, 0.15) is 114 Å². The zero-order valence-corrected chi connectivity index (χ0v) is 18.8. The summed E-state index contributed by atoms with van der Waals surface area (Å²) in [5, 5.41) is 0. The quantitative estimate of drug-likeness (QED) is 0.258. The standard InChI is InChI=1S/C28H42O/c1-3-5-7-9-17-23-27(25-19-13-11-14-20-25)29-28(24-18-10-8-6-4-2)26-21-15-12-16-22-26/h11-16,19-22,27-28H,3-10,17-18,23-24H2,1-2H3. The smallest absolute Gasteiger partial charge is 0.0833 e. The van der Waals surface area contributed by atoms with Crippen molar-refractivity contribution in [2.45, 2.75) is 103 Å². The minimum Gasteiger partial charge on any atom is -0.366 e. The molecule has 0 aliphatic carbocycles. The molecule has 2 unspecified atom stereocenters. The van der Waals surface area contributed by atoms with Gasteiger partial charge in [-0.05, 0) is 24.0 Å². The van der Waals surface area contributed by atoms with Gasteiger partial charge >= 0.3 is 0 Å². The molecular weight excluding hydrogens is 352 g/mol. The summed E-state index contributed by atoms with van der Waals surface area (Å²) in [4.78, 5) is 0. The van der Waals surface area contributed by atoms with Crippen molar-refractivity contribution in [2.24, 2.45) is 0 Å². The summed E-state index contributed by atoms with van der Waals surface area (Å²) in [6, 6.07) is 21.7. The third kappa shape index (κ3) is 9.63. The van der Waals surface area contributed by atoms with Crippen LogP contribution in [-0.2, 0) is 4.74 Å². The van der Waals surface area contributed by atoms with E-state index in [1.54, 1.807) is 0 Å². The molecule has 0 aliphatic heterocycles. The summed E-state index contributed by atoms with van der Waals surface area (Å²) in [7, 11) is 0. The lowest BCUT2D eigenvalue weighted by molar-refractivity contribution is -0.0264. The molecule has 2 atom stereocenters. The molecule has 2 rings (SSSR count). The molecule has 29 heavy (non-hydrogen) atoms. The van der Waals surface area contributed by atoms with Crippen LogP contribution in [0.2, 0.25) is 0 Å². The fourth-order valence-electron chi connectivity index (χ4n) is 4.03. The molecule has 0 saturated heterocycles. The van der Waals surface area contributed by atoms with E-state index in [1.165, 1.54) is 75.3 Å². The molecular formula is C28H42O. The van der Waals surface area contributed by atoms with E-state index < -0.39 is 0 Å². The van der Waals surface area contributed by atoms with E-state index in [9.17, 15) is 0 Å². The first-order valence-corrected chi connectivity index (χ1v) is 12.1. The Bertz CT molecular complexity index is 551. The van der Waals surface area contributed by atoms with Gasteiger partial charge in [0, 0.05) is 0 Å². The predicted octanol–water partition coefficient (Wildman–Crippen LogP) is 9.21. The fraction of sp³-hybridized carbons (Fsp3) is 0.571. The van der Waals surface area contributed by atoms with Gasteiger partial charge in [-0.1, -0.05) is 139 Å². The summed E-state index contributed by atoms with van der Waals surface area (Å²) in [6.45, 7) is 4.56. The van der Waals surface area contributed by atoms with E-state index >= 15 is 0 Å². The first-order chi connectivity index (χ1) is 14.3. The second-order valence-electron chi connectivity index (χ2n) is 8.34. The molecule has 2 aromatic carbocycles.